The number of alkyl halides is 3. The molecule has 0 aromatic carbocycles. The van der Waals surface area contributed by atoms with Crippen molar-refractivity contribution in [1.82, 2.24) is 34.6 Å². The van der Waals surface area contributed by atoms with Gasteiger partial charge in [-0.3, -0.25) is 19.6 Å². The highest BCUT2D eigenvalue weighted by atomic mass is 19.4. The molecule has 3 N–H and O–H groups in total. The van der Waals surface area contributed by atoms with E-state index >= 15 is 0 Å². The van der Waals surface area contributed by atoms with E-state index in [2.05, 4.69) is 30.0 Å². The maximum Gasteiger partial charge on any atom is 0.434 e. The molecule has 3 aromatic rings. The molecule has 0 saturated carbocycles. The first-order valence-electron chi connectivity index (χ1n) is 10.4. The van der Waals surface area contributed by atoms with E-state index in [1.807, 2.05) is 0 Å². The topological polar surface area (TPSA) is 148 Å². The van der Waals surface area contributed by atoms with Crippen molar-refractivity contribution in [2.24, 2.45) is 10.7 Å². The number of carbonyl (C=O) groups is 1. The number of pyridine rings is 1. The smallest absolute Gasteiger partial charge is 0.400 e. The number of carbonyl (C=O) groups excluding carboxylic acids is 1. The average molecular weight is 487 g/mol. The zero-order valence-corrected chi connectivity index (χ0v) is 18.6. The summed E-state index contributed by atoms with van der Waals surface area (Å²) in [5, 5.41) is 4.12. The first kappa shape index (κ1) is 23.8. The van der Waals surface area contributed by atoms with E-state index in [0.717, 1.165) is 0 Å². The van der Waals surface area contributed by atoms with E-state index in [-0.39, 0.29) is 41.6 Å². The van der Waals surface area contributed by atoms with Crippen LogP contribution in [-0.2, 0) is 6.18 Å². The van der Waals surface area contributed by atoms with Crippen LogP contribution in [0.5, 0.6) is 0 Å². The van der Waals surface area contributed by atoms with Gasteiger partial charge in [-0.2, -0.15) is 13.2 Å². The van der Waals surface area contributed by atoms with Gasteiger partial charge in [0, 0.05) is 31.1 Å². The predicted octanol–water partition coefficient (Wildman–Crippen LogP) is 1.33. The molecule has 182 valence electrons. The van der Waals surface area contributed by atoms with E-state index in [9.17, 15) is 22.8 Å². The van der Waals surface area contributed by atoms with E-state index in [4.69, 9.17) is 5.73 Å². The van der Waals surface area contributed by atoms with Gasteiger partial charge in [0.25, 0.3) is 11.5 Å². The largest absolute Gasteiger partial charge is 0.434 e. The molecule has 0 saturated heterocycles. The van der Waals surface area contributed by atoms with Crippen LogP contribution in [0.25, 0.3) is 5.69 Å². The third-order valence-electron chi connectivity index (χ3n) is 5.53. The Morgan fingerprint density at radius 2 is 2.09 bits per heavy atom. The number of halogens is 3. The monoisotopic (exact) mass is 487 g/mol. The summed E-state index contributed by atoms with van der Waals surface area (Å²) in [5.41, 5.74) is 5.81. The molecule has 0 spiro atoms. The number of rotatable bonds is 4. The summed E-state index contributed by atoms with van der Waals surface area (Å²) in [4.78, 5) is 44.5. The molecular formula is C21H20F3N9O2. The van der Waals surface area contributed by atoms with Crippen molar-refractivity contribution in [2.45, 2.75) is 25.6 Å². The first-order chi connectivity index (χ1) is 16.6. The van der Waals surface area contributed by atoms with Gasteiger partial charge in [-0.1, -0.05) is 0 Å². The Balaban J connectivity index is 1.60. The van der Waals surface area contributed by atoms with Gasteiger partial charge in [0.15, 0.2) is 5.69 Å². The number of hydrogen-bond donors (Lipinski definition) is 2. The predicted molar refractivity (Wildman–Crippen MR) is 118 cm³/mol. The summed E-state index contributed by atoms with van der Waals surface area (Å²) >= 11 is 0. The number of nitrogens with two attached hydrogens (primary N) is 1. The fourth-order valence-corrected chi connectivity index (χ4v) is 3.74. The lowest BCUT2D eigenvalue weighted by Crippen LogP contribution is -2.47. The minimum absolute atomic E-state index is 0.0688. The van der Waals surface area contributed by atoms with Crippen LogP contribution in [-0.4, -0.2) is 65.9 Å². The first-order valence-corrected chi connectivity index (χ1v) is 10.4. The second kappa shape index (κ2) is 9.12. The summed E-state index contributed by atoms with van der Waals surface area (Å²) < 4.78 is 40.5. The average Bonchev–Trinajstić information content (AvgIpc) is 3.32. The Hall–Kier alpha value is -4.36. The molecule has 35 heavy (non-hydrogen) atoms. The van der Waals surface area contributed by atoms with Gasteiger partial charge < -0.3 is 15.6 Å². The molecule has 0 unspecified atom stereocenters. The summed E-state index contributed by atoms with van der Waals surface area (Å²) in [6.45, 7) is 1.86. The molecular weight excluding hydrogens is 467 g/mol. The van der Waals surface area contributed by atoms with E-state index in [1.54, 1.807) is 13.0 Å². The van der Waals surface area contributed by atoms with Crippen LogP contribution < -0.4 is 11.3 Å². The number of amides is 1. The number of nitrogens with zero attached hydrogens (tertiary/aromatic N) is 7. The zero-order chi connectivity index (χ0) is 25.3. The Kier molecular flexibility index (Phi) is 6.20. The maximum absolute atomic E-state index is 13.1. The molecule has 14 heteroatoms. The molecule has 4 heterocycles. The molecule has 0 bridgehead atoms. The van der Waals surface area contributed by atoms with Gasteiger partial charge in [-0.25, -0.2) is 14.6 Å². The van der Waals surface area contributed by atoms with Crippen LogP contribution in [0.15, 0.2) is 58.1 Å². The number of nitrogens with one attached hydrogen (secondary N) is 1. The fourth-order valence-electron chi connectivity index (χ4n) is 3.74. The van der Waals surface area contributed by atoms with Crippen molar-refractivity contribution in [2.75, 3.05) is 13.6 Å². The fraction of sp³-hybridized carbons (Fsp3) is 0.286. The number of hydrogen-bond acceptors (Lipinski definition) is 8. The summed E-state index contributed by atoms with van der Waals surface area (Å²) in [5.74, 6) is -0.649. The second-order valence-electron chi connectivity index (χ2n) is 7.62. The lowest BCUT2D eigenvalue weighted by Gasteiger charge is -2.35. The maximum atomic E-state index is 13.1. The molecule has 1 aliphatic heterocycles. The summed E-state index contributed by atoms with van der Waals surface area (Å²) in [7, 11) is 1.42. The standard InChI is InChI=1S/C21H20F3N9O2/c1-11-16(25)12(17(26-2)13-8-27-9-15(30-13)21(22,23)24)5-7-32(11)20(35)18-29-10-33(31-18)14-4-3-6-28-19(14)34/h3-4,6,8-11H,5,7,25H2,1-2H3,(H,28,34)/t11-/m0/s1. The van der Waals surface area contributed by atoms with Crippen molar-refractivity contribution in [3.63, 3.8) is 0 Å². The molecule has 4 rings (SSSR count). The van der Waals surface area contributed by atoms with Crippen LogP contribution in [0.1, 0.15) is 35.4 Å². The molecule has 0 fully saturated rings. The normalized spacial score (nSPS) is 17.1. The SMILES string of the molecule is CN=C(C1=C(N)[C@H](C)N(C(=O)c2ncn(-c3ccc[nH]c3=O)n2)CC1)c1cncc(C(F)(F)F)n1. The van der Waals surface area contributed by atoms with Crippen LogP contribution in [0.3, 0.4) is 0 Å². The molecule has 0 aliphatic carbocycles. The quantitative estimate of drug-likeness (QED) is 0.528. The third kappa shape index (κ3) is 4.54. The Labute approximate surface area is 196 Å². The Morgan fingerprint density at radius 3 is 2.77 bits per heavy atom. The van der Waals surface area contributed by atoms with Gasteiger partial charge in [0.2, 0.25) is 5.82 Å². The minimum Gasteiger partial charge on any atom is -0.400 e. The molecule has 11 nitrogen and oxygen atoms in total. The number of aliphatic imine (C=N–C) groups is 1. The highest BCUT2D eigenvalue weighted by Crippen LogP contribution is 2.29. The van der Waals surface area contributed by atoms with Gasteiger partial charge in [-0.05, 0) is 25.5 Å². The van der Waals surface area contributed by atoms with Gasteiger partial charge >= 0.3 is 6.18 Å². The molecule has 3 aromatic heterocycles. The molecule has 0 radical (unpaired) electrons. The van der Waals surface area contributed by atoms with Gasteiger partial charge in [0.1, 0.15) is 17.7 Å². The number of aromatic amines is 1. The van der Waals surface area contributed by atoms with E-state index in [0.29, 0.717) is 11.8 Å². The van der Waals surface area contributed by atoms with Crippen molar-refractivity contribution in [1.29, 1.82) is 0 Å². The lowest BCUT2D eigenvalue weighted by molar-refractivity contribution is -0.141. The highest BCUT2D eigenvalue weighted by Gasteiger charge is 2.35. The van der Waals surface area contributed by atoms with E-state index in [1.165, 1.54) is 41.4 Å². The number of aromatic nitrogens is 6. The molecule has 1 amide bonds. The van der Waals surface area contributed by atoms with Gasteiger partial charge in [0.05, 0.1) is 24.1 Å². The third-order valence-corrected chi connectivity index (χ3v) is 5.53. The van der Waals surface area contributed by atoms with Crippen molar-refractivity contribution >= 4 is 11.6 Å². The number of H-pyrrole nitrogens is 1. The van der Waals surface area contributed by atoms with Crippen molar-refractivity contribution in [3.05, 3.63) is 75.9 Å². The minimum atomic E-state index is -4.66. The van der Waals surface area contributed by atoms with E-state index < -0.39 is 29.4 Å². The summed E-state index contributed by atoms with van der Waals surface area (Å²) in [6, 6.07) is 2.51. The lowest BCUT2D eigenvalue weighted by atomic mass is 9.94. The van der Waals surface area contributed by atoms with Crippen LogP contribution in [0.2, 0.25) is 0 Å². The Morgan fingerprint density at radius 1 is 1.31 bits per heavy atom. The molecule has 1 atom stereocenters. The van der Waals surface area contributed by atoms with Crippen LogP contribution in [0.4, 0.5) is 13.2 Å². The zero-order valence-electron chi connectivity index (χ0n) is 18.6. The van der Waals surface area contributed by atoms with Crippen molar-refractivity contribution in [3.8, 4) is 5.69 Å². The molecule has 1 aliphatic rings. The van der Waals surface area contributed by atoms with Crippen molar-refractivity contribution < 1.29 is 18.0 Å². The Bertz CT molecular complexity index is 1390. The van der Waals surface area contributed by atoms with Crippen LogP contribution in [0, 0.1) is 0 Å². The highest BCUT2D eigenvalue weighted by molar-refractivity contribution is 6.12. The summed E-state index contributed by atoms with van der Waals surface area (Å²) in [6.07, 6.45) is 0.0914. The second-order valence-corrected chi connectivity index (χ2v) is 7.62. The van der Waals surface area contributed by atoms with Crippen LogP contribution >= 0.6 is 0 Å². The van der Waals surface area contributed by atoms with Gasteiger partial charge in [-0.15, -0.1) is 5.10 Å².